The van der Waals surface area contributed by atoms with Crippen LogP contribution in [0.25, 0.3) is 0 Å². The summed E-state index contributed by atoms with van der Waals surface area (Å²) in [7, 11) is 1.78. The molecule has 1 N–H and O–H groups in total. The van der Waals surface area contributed by atoms with Gasteiger partial charge in [0.15, 0.2) is 0 Å². The number of rotatable bonds is 2. The number of hydrogen-bond acceptors (Lipinski definition) is 2. The molecule has 0 fully saturated rings. The fraction of sp³-hybridized carbons (Fsp3) is 0.167. The van der Waals surface area contributed by atoms with Crippen molar-refractivity contribution in [3.63, 3.8) is 0 Å². The quantitative estimate of drug-likeness (QED) is 0.819. The van der Waals surface area contributed by atoms with Gasteiger partial charge in [0.1, 0.15) is 5.82 Å². The lowest BCUT2D eigenvalue weighted by Crippen LogP contribution is -2.15. The molecular formula is C12H11ClIN3O. The number of amides is 1. The number of nitrogens with one attached hydrogen (secondary N) is 1. The van der Waals surface area contributed by atoms with Crippen molar-refractivity contribution in [1.29, 1.82) is 0 Å². The molecular weight excluding hydrogens is 365 g/mol. The Morgan fingerprint density at radius 2 is 2.17 bits per heavy atom. The zero-order chi connectivity index (χ0) is 13.3. The Bertz CT molecular complexity index is 609. The predicted octanol–water partition coefficient (Wildman–Crippen LogP) is 3.24. The lowest BCUT2D eigenvalue weighted by molar-refractivity contribution is 0.102. The minimum absolute atomic E-state index is 0.190. The molecule has 2 rings (SSSR count). The normalized spacial score (nSPS) is 10.4. The van der Waals surface area contributed by atoms with Crippen LogP contribution in [0.15, 0.2) is 24.3 Å². The monoisotopic (exact) mass is 375 g/mol. The summed E-state index contributed by atoms with van der Waals surface area (Å²) >= 11 is 8.01. The molecule has 1 heterocycles. The number of hydrogen-bond donors (Lipinski definition) is 1. The van der Waals surface area contributed by atoms with E-state index in [2.05, 4.69) is 33.0 Å². The fourth-order valence-electron chi connectivity index (χ4n) is 1.58. The van der Waals surface area contributed by atoms with Crippen LogP contribution in [0.2, 0.25) is 5.02 Å². The molecule has 0 radical (unpaired) electrons. The molecule has 18 heavy (non-hydrogen) atoms. The largest absolute Gasteiger partial charge is 0.307 e. The van der Waals surface area contributed by atoms with Crippen LogP contribution in [0.3, 0.4) is 0 Å². The van der Waals surface area contributed by atoms with Crippen LogP contribution in [0.4, 0.5) is 5.82 Å². The van der Waals surface area contributed by atoms with Crippen molar-refractivity contribution in [3.8, 4) is 0 Å². The van der Waals surface area contributed by atoms with Crippen molar-refractivity contribution in [2.45, 2.75) is 6.92 Å². The number of anilines is 1. The van der Waals surface area contributed by atoms with Crippen molar-refractivity contribution < 1.29 is 4.79 Å². The number of aryl methyl sites for hydroxylation is 2. The third-order valence-electron chi connectivity index (χ3n) is 2.42. The Morgan fingerprint density at radius 3 is 2.78 bits per heavy atom. The molecule has 1 aromatic carbocycles. The van der Waals surface area contributed by atoms with Crippen LogP contribution in [0.1, 0.15) is 16.1 Å². The summed E-state index contributed by atoms with van der Waals surface area (Å²) in [4.78, 5) is 12.1. The minimum atomic E-state index is -0.190. The van der Waals surface area contributed by atoms with E-state index in [0.29, 0.717) is 16.4 Å². The van der Waals surface area contributed by atoms with Crippen LogP contribution < -0.4 is 5.32 Å². The van der Waals surface area contributed by atoms with Crippen molar-refractivity contribution in [3.05, 3.63) is 44.1 Å². The summed E-state index contributed by atoms with van der Waals surface area (Å²) < 4.78 is 2.48. The number of halogens is 2. The molecule has 4 nitrogen and oxygen atoms in total. The molecule has 2 aromatic rings. The minimum Gasteiger partial charge on any atom is -0.307 e. The maximum absolute atomic E-state index is 12.1. The third-order valence-corrected chi connectivity index (χ3v) is 3.59. The van der Waals surface area contributed by atoms with Crippen LogP contribution in [0.5, 0.6) is 0 Å². The highest BCUT2D eigenvalue weighted by Gasteiger charge is 2.13. The van der Waals surface area contributed by atoms with E-state index in [1.807, 2.05) is 19.1 Å². The van der Waals surface area contributed by atoms with E-state index in [4.69, 9.17) is 11.6 Å². The number of carbonyl (C=O) groups excluding carboxylic acids is 1. The second-order valence-corrected chi connectivity index (χ2v) is 5.47. The molecule has 0 atom stereocenters. The SMILES string of the molecule is Cc1cc(NC(=O)c2cc(Cl)ccc2I)n(C)n1. The van der Waals surface area contributed by atoms with E-state index in [-0.39, 0.29) is 5.91 Å². The van der Waals surface area contributed by atoms with Crippen molar-refractivity contribution in [2.75, 3.05) is 5.32 Å². The standard InChI is InChI=1S/C12H11ClIN3O/c1-7-5-11(17(2)16-7)15-12(18)9-6-8(13)3-4-10(9)14/h3-6H,1-2H3,(H,15,18). The summed E-state index contributed by atoms with van der Waals surface area (Å²) in [6.07, 6.45) is 0. The third kappa shape index (κ3) is 2.84. The Hall–Kier alpha value is -1.08. The van der Waals surface area contributed by atoms with Crippen LogP contribution >= 0.6 is 34.2 Å². The zero-order valence-electron chi connectivity index (χ0n) is 9.87. The van der Waals surface area contributed by atoms with Crippen LogP contribution in [-0.4, -0.2) is 15.7 Å². The van der Waals surface area contributed by atoms with Gasteiger partial charge in [-0.1, -0.05) is 11.6 Å². The lowest BCUT2D eigenvalue weighted by atomic mass is 10.2. The topological polar surface area (TPSA) is 46.9 Å². The van der Waals surface area contributed by atoms with Crippen molar-refractivity contribution in [1.82, 2.24) is 9.78 Å². The van der Waals surface area contributed by atoms with Gasteiger partial charge in [-0.3, -0.25) is 9.48 Å². The molecule has 1 aromatic heterocycles. The average molecular weight is 376 g/mol. The van der Waals surface area contributed by atoms with Crippen molar-refractivity contribution in [2.24, 2.45) is 7.05 Å². The predicted molar refractivity (Wildman–Crippen MR) is 80.1 cm³/mol. The van der Waals surface area contributed by atoms with Gasteiger partial charge in [0.2, 0.25) is 0 Å². The summed E-state index contributed by atoms with van der Waals surface area (Å²) in [6, 6.07) is 7.04. The first-order chi connectivity index (χ1) is 8.47. The smallest absolute Gasteiger partial charge is 0.257 e. The highest BCUT2D eigenvalue weighted by atomic mass is 127. The first kappa shape index (κ1) is 13.4. The van der Waals surface area contributed by atoms with Gasteiger partial charge in [0.25, 0.3) is 5.91 Å². The molecule has 0 spiro atoms. The lowest BCUT2D eigenvalue weighted by Gasteiger charge is -2.07. The number of aromatic nitrogens is 2. The molecule has 94 valence electrons. The number of nitrogens with zero attached hydrogens (tertiary/aromatic N) is 2. The Balaban J connectivity index is 2.27. The second-order valence-electron chi connectivity index (χ2n) is 3.87. The molecule has 0 bridgehead atoms. The molecule has 0 aliphatic rings. The summed E-state index contributed by atoms with van der Waals surface area (Å²) in [6.45, 7) is 1.87. The molecule has 1 amide bonds. The van der Waals surface area contributed by atoms with Crippen LogP contribution in [0, 0.1) is 10.5 Å². The second kappa shape index (κ2) is 5.27. The van der Waals surface area contributed by atoms with Gasteiger partial charge in [-0.2, -0.15) is 5.10 Å². The van der Waals surface area contributed by atoms with Gasteiger partial charge in [-0.25, -0.2) is 0 Å². The van der Waals surface area contributed by atoms with Gasteiger partial charge in [-0.15, -0.1) is 0 Å². The molecule has 0 unspecified atom stereocenters. The molecule has 0 aliphatic carbocycles. The fourth-order valence-corrected chi connectivity index (χ4v) is 2.34. The van der Waals surface area contributed by atoms with Gasteiger partial charge in [0, 0.05) is 21.7 Å². The number of carbonyl (C=O) groups is 1. The summed E-state index contributed by atoms with van der Waals surface area (Å²) in [5, 5.41) is 7.53. The van der Waals surface area contributed by atoms with E-state index in [1.54, 1.807) is 23.9 Å². The number of benzene rings is 1. The van der Waals surface area contributed by atoms with E-state index >= 15 is 0 Å². The van der Waals surface area contributed by atoms with Crippen molar-refractivity contribution >= 4 is 45.9 Å². The summed E-state index contributed by atoms with van der Waals surface area (Å²) in [5.41, 5.74) is 1.41. The average Bonchev–Trinajstić information content (AvgIpc) is 2.61. The Morgan fingerprint density at radius 1 is 1.44 bits per heavy atom. The molecule has 6 heteroatoms. The molecule has 0 aliphatic heterocycles. The summed E-state index contributed by atoms with van der Waals surface area (Å²) in [5.74, 6) is 0.471. The Labute approximate surface area is 123 Å². The van der Waals surface area contributed by atoms with E-state index in [1.165, 1.54) is 0 Å². The molecule has 0 saturated carbocycles. The Kier molecular flexibility index (Phi) is 3.91. The van der Waals surface area contributed by atoms with Gasteiger partial charge < -0.3 is 5.32 Å². The maximum atomic E-state index is 12.1. The van der Waals surface area contributed by atoms with Gasteiger partial charge in [-0.05, 0) is 47.7 Å². The highest BCUT2D eigenvalue weighted by molar-refractivity contribution is 14.1. The van der Waals surface area contributed by atoms with Crippen LogP contribution in [-0.2, 0) is 7.05 Å². The first-order valence-corrected chi connectivity index (χ1v) is 6.70. The van der Waals surface area contributed by atoms with E-state index in [9.17, 15) is 4.79 Å². The molecule has 0 saturated heterocycles. The highest BCUT2D eigenvalue weighted by Crippen LogP contribution is 2.19. The van der Waals surface area contributed by atoms with Gasteiger partial charge >= 0.3 is 0 Å². The van der Waals surface area contributed by atoms with E-state index < -0.39 is 0 Å². The first-order valence-electron chi connectivity index (χ1n) is 5.24. The van der Waals surface area contributed by atoms with Gasteiger partial charge in [0.05, 0.1) is 11.3 Å². The maximum Gasteiger partial charge on any atom is 0.257 e. The zero-order valence-corrected chi connectivity index (χ0v) is 12.8. The van der Waals surface area contributed by atoms with E-state index in [0.717, 1.165) is 9.26 Å².